The molecule has 1 aliphatic heterocycles. The van der Waals surface area contributed by atoms with Gasteiger partial charge in [-0.1, -0.05) is 12.1 Å². The van der Waals surface area contributed by atoms with E-state index >= 15 is 0 Å². The fraction of sp³-hybridized carbons (Fsp3) is 0.571. The summed E-state index contributed by atoms with van der Waals surface area (Å²) >= 11 is 0. The molecule has 1 aromatic carbocycles. The van der Waals surface area contributed by atoms with Gasteiger partial charge < -0.3 is 4.74 Å². The highest BCUT2D eigenvalue weighted by Gasteiger charge is 2.40. The average Bonchev–Trinajstić information content (AvgIpc) is 2.52. The monoisotopic (exact) mass is 273 g/mol. The Balaban J connectivity index is 2.08. The first-order chi connectivity index (χ1) is 8.60. The third-order valence-corrected chi connectivity index (χ3v) is 3.18. The summed E-state index contributed by atoms with van der Waals surface area (Å²) in [6.45, 7) is 6.57. The van der Waals surface area contributed by atoms with Gasteiger partial charge in [0.1, 0.15) is 5.72 Å². The molecule has 0 bridgehead atoms. The third kappa shape index (κ3) is 3.48. The lowest BCUT2D eigenvalue weighted by Crippen LogP contribution is -2.47. The summed E-state index contributed by atoms with van der Waals surface area (Å²) in [7, 11) is 0. The standard InChI is InChI=1S/C14H18F3NO/c1-12(2)9-19-13(3,18-12)8-10-4-6-11(7-5-10)14(15,16)17/h4-7,18H,8-9H2,1-3H3. The van der Waals surface area contributed by atoms with Gasteiger partial charge in [-0.2, -0.15) is 13.2 Å². The minimum Gasteiger partial charge on any atom is -0.359 e. The predicted octanol–water partition coefficient (Wildman–Crippen LogP) is 3.36. The quantitative estimate of drug-likeness (QED) is 0.892. The summed E-state index contributed by atoms with van der Waals surface area (Å²) in [5.41, 5.74) is -0.438. The van der Waals surface area contributed by atoms with Crippen LogP contribution < -0.4 is 5.32 Å². The molecule has 5 heteroatoms. The summed E-state index contributed by atoms with van der Waals surface area (Å²) in [5, 5.41) is 3.36. The normalized spacial score (nSPS) is 26.6. The number of alkyl halides is 3. The van der Waals surface area contributed by atoms with Crippen LogP contribution in [-0.2, 0) is 17.3 Å². The van der Waals surface area contributed by atoms with Gasteiger partial charge in [0.2, 0.25) is 0 Å². The zero-order valence-corrected chi connectivity index (χ0v) is 11.3. The number of nitrogens with one attached hydrogen (secondary N) is 1. The lowest BCUT2D eigenvalue weighted by molar-refractivity contribution is -0.137. The smallest absolute Gasteiger partial charge is 0.359 e. The topological polar surface area (TPSA) is 21.3 Å². The number of hydrogen-bond donors (Lipinski definition) is 1. The molecule has 106 valence electrons. The third-order valence-electron chi connectivity index (χ3n) is 3.18. The van der Waals surface area contributed by atoms with Gasteiger partial charge in [-0.3, -0.25) is 5.32 Å². The van der Waals surface area contributed by atoms with Crippen LogP contribution in [0.15, 0.2) is 24.3 Å². The van der Waals surface area contributed by atoms with E-state index in [9.17, 15) is 13.2 Å². The summed E-state index contributed by atoms with van der Waals surface area (Å²) in [4.78, 5) is 0. The van der Waals surface area contributed by atoms with E-state index in [1.807, 2.05) is 20.8 Å². The van der Waals surface area contributed by atoms with Crippen molar-refractivity contribution in [2.45, 2.75) is 44.6 Å². The maximum atomic E-state index is 12.5. The summed E-state index contributed by atoms with van der Waals surface area (Å²) in [6, 6.07) is 5.23. The maximum Gasteiger partial charge on any atom is 0.416 e. The number of benzene rings is 1. The lowest BCUT2D eigenvalue weighted by Gasteiger charge is -2.26. The molecule has 0 radical (unpaired) electrons. The molecule has 1 aliphatic rings. The van der Waals surface area contributed by atoms with Crippen molar-refractivity contribution >= 4 is 0 Å². The van der Waals surface area contributed by atoms with E-state index in [2.05, 4.69) is 5.32 Å². The second kappa shape index (κ2) is 4.49. The first kappa shape index (κ1) is 14.3. The summed E-state index contributed by atoms with van der Waals surface area (Å²) < 4.78 is 43.1. The molecule has 2 nitrogen and oxygen atoms in total. The molecule has 0 aliphatic carbocycles. The van der Waals surface area contributed by atoms with Crippen LogP contribution in [0.25, 0.3) is 0 Å². The van der Waals surface area contributed by atoms with E-state index in [1.54, 1.807) is 0 Å². The molecular formula is C14H18F3NO. The van der Waals surface area contributed by atoms with Crippen molar-refractivity contribution in [2.75, 3.05) is 6.61 Å². The number of ether oxygens (including phenoxy) is 1. The van der Waals surface area contributed by atoms with E-state index in [-0.39, 0.29) is 5.54 Å². The molecular weight excluding hydrogens is 255 g/mol. The van der Waals surface area contributed by atoms with Crippen molar-refractivity contribution < 1.29 is 17.9 Å². The molecule has 0 aromatic heterocycles. The van der Waals surface area contributed by atoms with Gasteiger partial charge in [0, 0.05) is 12.0 Å². The zero-order valence-electron chi connectivity index (χ0n) is 11.3. The molecule has 1 heterocycles. The summed E-state index contributed by atoms with van der Waals surface area (Å²) in [6.07, 6.45) is -3.75. The van der Waals surface area contributed by atoms with E-state index < -0.39 is 17.5 Å². The van der Waals surface area contributed by atoms with E-state index in [0.29, 0.717) is 13.0 Å². The first-order valence-corrected chi connectivity index (χ1v) is 6.19. The van der Waals surface area contributed by atoms with Crippen LogP contribution in [-0.4, -0.2) is 17.9 Å². The van der Waals surface area contributed by atoms with Crippen molar-refractivity contribution in [3.8, 4) is 0 Å². The highest BCUT2D eigenvalue weighted by Crippen LogP contribution is 2.30. The molecule has 1 atom stereocenters. The second-order valence-electron chi connectivity index (χ2n) is 5.90. The van der Waals surface area contributed by atoms with Gasteiger partial charge in [0.25, 0.3) is 0 Å². The van der Waals surface area contributed by atoms with Gasteiger partial charge in [-0.25, -0.2) is 0 Å². The Bertz CT molecular complexity index is 453. The number of hydrogen-bond acceptors (Lipinski definition) is 2. The Morgan fingerprint density at radius 1 is 1.16 bits per heavy atom. The van der Waals surface area contributed by atoms with Gasteiger partial charge >= 0.3 is 6.18 Å². The van der Waals surface area contributed by atoms with Crippen LogP contribution in [0.5, 0.6) is 0 Å². The Hall–Kier alpha value is -1.07. The average molecular weight is 273 g/mol. The van der Waals surface area contributed by atoms with Gasteiger partial charge in [0.05, 0.1) is 12.2 Å². The number of halogens is 3. The summed E-state index contributed by atoms with van der Waals surface area (Å²) in [5.74, 6) is 0. The molecule has 1 fully saturated rings. The minimum atomic E-state index is -4.29. The fourth-order valence-electron chi connectivity index (χ4n) is 2.42. The van der Waals surface area contributed by atoms with Crippen LogP contribution in [0.3, 0.4) is 0 Å². The molecule has 19 heavy (non-hydrogen) atoms. The largest absolute Gasteiger partial charge is 0.416 e. The van der Waals surface area contributed by atoms with Crippen molar-refractivity contribution in [3.63, 3.8) is 0 Å². The maximum absolute atomic E-state index is 12.5. The minimum absolute atomic E-state index is 0.110. The van der Waals surface area contributed by atoms with Crippen LogP contribution in [0.1, 0.15) is 31.9 Å². The van der Waals surface area contributed by atoms with Gasteiger partial charge in [-0.05, 0) is 38.5 Å². The Kier molecular flexibility index (Phi) is 3.39. The van der Waals surface area contributed by atoms with Crippen LogP contribution in [0.4, 0.5) is 13.2 Å². The molecule has 1 N–H and O–H groups in total. The molecule has 0 amide bonds. The van der Waals surface area contributed by atoms with Crippen molar-refractivity contribution in [1.82, 2.24) is 5.32 Å². The van der Waals surface area contributed by atoms with Crippen LogP contribution in [0.2, 0.25) is 0 Å². The Labute approximate surface area is 111 Å². The Morgan fingerprint density at radius 3 is 2.16 bits per heavy atom. The van der Waals surface area contributed by atoms with Crippen molar-refractivity contribution in [1.29, 1.82) is 0 Å². The SMILES string of the molecule is CC1(C)COC(C)(Cc2ccc(C(F)(F)F)cc2)N1. The molecule has 0 spiro atoms. The van der Waals surface area contributed by atoms with Gasteiger partial charge in [0.15, 0.2) is 0 Å². The second-order valence-corrected chi connectivity index (χ2v) is 5.90. The van der Waals surface area contributed by atoms with Gasteiger partial charge in [-0.15, -0.1) is 0 Å². The highest BCUT2D eigenvalue weighted by molar-refractivity contribution is 5.25. The zero-order chi connectivity index (χ0) is 14.3. The van der Waals surface area contributed by atoms with Crippen molar-refractivity contribution in [2.24, 2.45) is 0 Å². The predicted molar refractivity (Wildman–Crippen MR) is 66.7 cm³/mol. The molecule has 0 saturated carbocycles. The van der Waals surface area contributed by atoms with E-state index in [0.717, 1.165) is 17.7 Å². The van der Waals surface area contributed by atoms with Crippen molar-refractivity contribution in [3.05, 3.63) is 35.4 Å². The van der Waals surface area contributed by atoms with E-state index in [4.69, 9.17) is 4.74 Å². The molecule has 1 unspecified atom stereocenters. The molecule has 1 aromatic rings. The molecule has 1 saturated heterocycles. The first-order valence-electron chi connectivity index (χ1n) is 6.19. The van der Waals surface area contributed by atoms with Crippen LogP contribution in [0, 0.1) is 0 Å². The number of rotatable bonds is 2. The Morgan fingerprint density at radius 2 is 1.74 bits per heavy atom. The lowest BCUT2D eigenvalue weighted by atomic mass is 10.0. The van der Waals surface area contributed by atoms with E-state index in [1.165, 1.54) is 12.1 Å². The highest BCUT2D eigenvalue weighted by atomic mass is 19.4. The van der Waals surface area contributed by atoms with Crippen LogP contribution >= 0.6 is 0 Å². The fourth-order valence-corrected chi connectivity index (χ4v) is 2.42. The molecule has 2 rings (SSSR count).